The molecule has 1 nitrogen and oxygen atoms in total. The Morgan fingerprint density at radius 1 is 0.643 bits per heavy atom. The summed E-state index contributed by atoms with van der Waals surface area (Å²) in [5, 5.41) is 0. The maximum atomic E-state index is 2.37. The minimum absolute atomic E-state index is 0. The van der Waals surface area contributed by atoms with Crippen LogP contribution in [0, 0.1) is 0 Å². The van der Waals surface area contributed by atoms with Gasteiger partial charge in [0, 0.05) is 6.04 Å². The molecule has 0 fully saturated rings. The van der Waals surface area contributed by atoms with Gasteiger partial charge in [-0.15, -0.1) is 29.4 Å². The smallest absolute Gasteiger partial charge is 0.0342 e. The van der Waals surface area contributed by atoms with Gasteiger partial charge in [-0.1, -0.05) is 127 Å². The van der Waals surface area contributed by atoms with Crippen molar-refractivity contribution in [2.24, 2.45) is 0 Å². The van der Waals surface area contributed by atoms with Crippen LogP contribution in [0.4, 0.5) is 0 Å². The van der Waals surface area contributed by atoms with Crippen molar-refractivity contribution in [1.29, 1.82) is 0 Å². The number of hydrogen-bond donors (Lipinski definition) is 0. The van der Waals surface area contributed by atoms with E-state index in [1.165, 1.54) is 102 Å². The molecule has 28 heavy (non-hydrogen) atoms. The van der Waals surface area contributed by atoms with E-state index in [1.54, 1.807) is 0 Å². The van der Waals surface area contributed by atoms with Gasteiger partial charge in [0.05, 0.1) is 0 Å². The van der Waals surface area contributed by atoms with Gasteiger partial charge in [-0.2, -0.15) is 0 Å². The third-order valence-electron chi connectivity index (χ3n) is 5.64. The largest absolute Gasteiger partial charge is 0.302 e. The van der Waals surface area contributed by atoms with Crippen LogP contribution in [-0.4, -0.2) is 19.0 Å². The molecule has 1 aromatic rings. The molecule has 0 aromatic heterocycles. The van der Waals surface area contributed by atoms with Crippen LogP contribution in [0.1, 0.15) is 115 Å². The van der Waals surface area contributed by atoms with Crippen molar-refractivity contribution in [3.05, 3.63) is 35.9 Å². The number of rotatable bonds is 17. The van der Waals surface area contributed by atoms with E-state index in [9.17, 15) is 0 Å². The molecule has 0 aliphatic heterocycles. The highest BCUT2D eigenvalue weighted by Crippen LogP contribution is 2.24. The van der Waals surface area contributed by atoms with Gasteiger partial charge in [0.15, 0.2) is 0 Å². The van der Waals surface area contributed by atoms with Crippen molar-refractivity contribution in [3.63, 3.8) is 0 Å². The van der Waals surface area contributed by atoms with E-state index >= 15 is 0 Å². The van der Waals surface area contributed by atoms with Crippen molar-refractivity contribution in [3.8, 4) is 0 Å². The fraction of sp³-hybridized carbons (Fsp3) is 0.760. The highest BCUT2D eigenvalue weighted by Gasteiger charge is 2.12. The molecule has 0 amide bonds. The van der Waals surface area contributed by atoms with E-state index in [-0.39, 0.29) is 29.4 Å². The first-order chi connectivity index (χ1) is 12.8. The molecule has 3 heteroatoms. The van der Waals surface area contributed by atoms with Gasteiger partial charge in [-0.05, 0) is 26.1 Å². The molecule has 0 spiro atoms. The van der Waals surface area contributed by atoms with E-state index in [2.05, 4.69) is 56.3 Å². The minimum atomic E-state index is 0. The lowest BCUT2D eigenvalue weighted by atomic mass is 9.98. The summed E-state index contributed by atoms with van der Waals surface area (Å²) in [5.41, 5.74) is 1.46. The summed E-state index contributed by atoms with van der Waals surface area (Å²) >= 11 is 0. The molecular weight excluding hydrogens is 430 g/mol. The van der Waals surface area contributed by atoms with Crippen molar-refractivity contribution in [2.45, 2.75) is 109 Å². The van der Waals surface area contributed by atoms with Gasteiger partial charge in [-0.3, -0.25) is 0 Å². The fourth-order valence-corrected chi connectivity index (χ4v) is 3.93. The Labute approximate surface area is 193 Å². The molecule has 166 valence electrons. The maximum Gasteiger partial charge on any atom is 0.0342 e. The monoisotopic (exact) mass is 475 g/mol. The molecule has 1 rings (SSSR count). The van der Waals surface area contributed by atoms with Crippen LogP contribution in [0.5, 0.6) is 0 Å². The Bertz CT molecular complexity index is 410. The average Bonchev–Trinajstić information content (AvgIpc) is 2.65. The predicted molar refractivity (Wildman–Crippen MR) is 135 cm³/mol. The van der Waals surface area contributed by atoms with Gasteiger partial charge >= 0.3 is 0 Å². The molecule has 0 N–H and O–H groups in total. The van der Waals surface area contributed by atoms with E-state index < -0.39 is 0 Å². The molecule has 0 aliphatic rings. The summed E-state index contributed by atoms with van der Waals surface area (Å²) in [7, 11) is 4.42. The van der Waals surface area contributed by atoms with Crippen molar-refractivity contribution >= 4 is 29.4 Å². The van der Waals surface area contributed by atoms with Gasteiger partial charge in [-0.25, -0.2) is 0 Å². The van der Waals surface area contributed by atoms with Crippen LogP contribution < -0.4 is 0 Å². The van der Waals surface area contributed by atoms with Crippen LogP contribution in [-0.2, 0) is 0 Å². The zero-order chi connectivity index (χ0) is 18.9. The molecule has 1 aromatic carbocycles. The van der Waals surface area contributed by atoms with Crippen molar-refractivity contribution in [2.75, 3.05) is 14.1 Å². The van der Waals surface area contributed by atoms with Gasteiger partial charge in [0.1, 0.15) is 0 Å². The second-order valence-corrected chi connectivity index (χ2v) is 8.27. The zero-order valence-electron chi connectivity index (χ0n) is 18.8. The van der Waals surface area contributed by atoms with Gasteiger partial charge in [0.2, 0.25) is 0 Å². The molecule has 0 radical (unpaired) electrons. The first-order valence-electron chi connectivity index (χ1n) is 11.5. The van der Waals surface area contributed by atoms with Crippen LogP contribution in [0.3, 0.4) is 0 Å². The fourth-order valence-electron chi connectivity index (χ4n) is 3.93. The summed E-state index contributed by atoms with van der Waals surface area (Å²) < 4.78 is 0. The highest BCUT2D eigenvalue weighted by molar-refractivity contribution is 8.93. The quantitative estimate of drug-likeness (QED) is 0.202. The Morgan fingerprint density at radius 3 is 1.43 bits per heavy atom. The Balaban J connectivity index is 0. The zero-order valence-corrected chi connectivity index (χ0v) is 21.4. The van der Waals surface area contributed by atoms with Crippen LogP contribution in [0.15, 0.2) is 30.3 Å². The van der Waals surface area contributed by atoms with Crippen LogP contribution in [0.25, 0.3) is 0 Å². The Hall–Kier alpha value is -0.0500. The van der Waals surface area contributed by atoms with E-state index in [4.69, 9.17) is 0 Å². The lowest BCUT2D eigenvalue weighted by molar-refractivity contribution is 0.276. The SMILES string of the molecule is Br.CCCCCCCCCCCCCCCCC(c1ccccc1)N(C)C.Cl. The first-order valence-corrected chi connectivity index (χ1v) is 11.5. The molecule has 0 heterocycles. The van der Waals surface area contributed by atoms with Crippen molar-refractivity contribution in [1.82, 2.24) is 4.90 Å². The molecule has 1 atom stereocenters. The standard InChI is InChI=1S/C25H45N.BrH.ClH/c1-4-5-6-7-8-9-10-11-12-13-14-15-16-20-23-25(26(2)3)24-21-18-17-19-22-24;;/h17-19,21-22,25H,4-16,20,23H2,1-3H3;2*1H. The number of halogens is 2. The maximum absolute atomic E-state index is 2.37. The molecule has 1 unspecified atom stereocenters. The number of nitrogens with zero attached hydrogens (tertiary/aromatic N) is 1. The number of benzene rings is 1. The first kappa shape index (κ1) is 30.1. The normalized spacial score (nSPS) is 11.7. The summed E-state index contributed by atoms with van der Waals surface area (Å²) in [6.07, 6.45) is 21.4. The predicted octanol–water partition coefficient (Wildman–Crippen LogP) is 9.16. The van der Waals surface area contributed by atoms with Gasteiger partial charge < -0.3 is 4.90 Å². The summed E-state index contributed by atoms with van der Waals surface area (Å²) in [6.45, 7) is 2.30. The lowest BCUT2D eigenvalue weighted by Gasteiger charge is -2.24. The molecule has 0 bridgehead atoms. The molecule has 0 aliphatic carbocycles. The Morgan fingerprint density at radius 2 is 1.04 bits per heavy atom. The molecule has 0 saturated heterocycles. The summed E-state index contributed by atoms with van der Waals surface area (Å²) in [4.78, 5) is 2.37. The van der Waals surface area contributed by atoms with E-state index in [1.807, 2.05) is 0 Å². The van der Waals surface area contributed by atoms with Gasteiger partial charge in [0.25, 0.3) is 0 Å². The second-order valence-electron chi connectivity index (χ2n) is 8.27. The second kappa shape index (κ2) is 21.7. The molecule has 0 saturated carbocycles. The summed E-state index contributed by atoms with van der Waals surface area (Å²) in [5.74, 6) is 0. The minimum Gasteiger partial charge on any atom is -0.302 e. The lowest BCUT2D eigenvalue weighted by Crippen LogP contribution is -2.19. The van der Waals surface area contributed by atoms with Crippen molar-refractivity contribution < 1.29 is 0 Å². The average molecular weight is 477 g/mol. The van der Waals surface area contributed by atoms with E-state index in [0.717, 1.165) is 0 Å². The van der Waals surface area contributed by atoms with Crippen LogP contribution in [0.2, 0.25) is 0 Å². The van der Waals surface area contributed by atoms with Crippen LogP contribution >= 0.6 is 29.4 Å². The molecular formula is C25H47BrClN. The topological polar surface area (TPSA) is 3.24 Å². The van der Waals surface area contributed by atoms with E-state index in [0.29, 0.717) is 6.04 Å². The number of hydrogen-bond acceptors (Lipinski definition) is 1. The number of unbranched alkanes of at least 4 members (excludes halogenated alkanes) is 13. The third kappa shape index (κ3) is 15.8. The third-order valence-corrected chi connectivity index (χ3v) is 5.64. The highest BCUT2D eigenvalue weighted by atomic mass is 79.9. The summed E-state index contributed by atoms with van der Waals surface area (Å²) in [6, 6.07) is 11.6. The Kier molecular flexibility index (Phi) is 23.3.